The van der Waals surface area contributed by atoms with Crippen molar-refractivity contribution in [2.45, 2.75) is 13.2 Å². The van der Waals surface area contributed by atoms with Crippen LogP contribution in [0.2, 0.25) is 0 Å². The van der Waals surface area contributed by atoms with Crippen molar-refractivity contribution in [1.29, 1.82) is 0 Å². The van der Waals surface area contributed by atoms with Gasteiger partial charge in [0.1, 0.15) is 18.1 Å². The Morgan fingerprint density at radius 2 is 1.89 bits per heavy atom. The fourth-order valence-electron chi connectivity index (χ4n) is 2.31. The van der Waals surface area contributed by atoms with Crippen LogP contribution < -0.4 is 10.5 Å². The minimum absolute atomic E-state index is 0.0630. The molecule has 0 saturated heterocycles. The van der Waals surface area contributed by atoms with Gasteiger partial charge in [0.15, 0.2) is 12.4 Å². The lowest BCUT2D eigenvalue weighted by Crippen LogP contribution is -2.12. The van der Waals surface area contributed by atoms with E-state index >= 15 is 0 Å². The van der Waals surface area contributed by atoms with Crippen LogP contribution in [-0.4, -0.2) is 22.7 Å². The first kappa shape index (κ1) is 18.0. The van der Waals surface area contributed by atoms with E-state index in [0.717, 1.165) is 16.7 Å². The molecule has 1 heterocycles. The Balaban J connectivity index is 1.57. The number of hydrogen-bond acceptors (Lipinski definition) is 7. The molecule has 0 unspecified atom stereocenters. The molecule has 8 nitrogen and oxygen atoms in total. The molecule has 138 valence electrons. The van der Waals surface area contributed by atoms with Crippen molar-refractivity contribution >= 4 is 12.3 Å². The van der Waals surface area contributed by atoms with Crippen LogP contribution in [0.3, 0.4) is 0 Å². The molecular formula is C19H17N3O5. The van der Waals surface area contributed by atoms with Gasteiger partial charge in [-0.2, -0.15) is 0 Å². The summed E-state index contributed by atoms with van der Waals surface area (Å²) in [5.41, 5.74) is 8.16. The number of aromatic nitrogens is 1. The van der Waals surface area contributed by atoms with Gasteiger partial charge < -0.3 is 24.9 Å². The summed E-state index contributed by atoms with van der Waals surface area (Å²) >= 11 is 0. The Morgan fingerprint density at radius 3 is 2.56 bits per heavy atom. The van der Waals surface area contributed by atoms with Crippen LogP contribution in [0.5, 0.6) is 5.75 Å². The van der Waals surface area contributed by atoms with Gasteiger partial charge in [-0.05, 0) is 35.4 Å². The van der Waals surface area contributed by atoms with Crippen molar-refractivity contribution in [3.8, 4) is 17.0 Å². The first-order valence-corrected chi connectivity index (χ1v) is 8.01. The number of primary amides is 1. The number of carbonyl (C=O) groups is 1. The van der Waals surface area contributed by atoms with E-state index in [2.05, 4.69) is 15.0 Å². The van der Waals surface area contributed by atoms with E-state index in [1.807, 2.05) is 48.5 Å². The smallest absolute Gasteiger partial charge is 0.404 e. The SMILES string of the molecule is NC(=O)OCc1cc(-c2ccc(OCc3ccc(C=NO)cc3)cc2)no1. The van der Waals surface area contributed by atoms with E-state index < -0.39 is 6.09 Å². The number of ether oxygens (including phenoxy) is 2. The molecule has 0 spiro atoms. The van der Waals surface area contributed by atoms with Crippen molar-refractivity contribution in [2.75, 3.05) is 0 Å². The van der Waals surface area contributed by atoms with E-state index in [4.69, 9.17) is 20.2 Å². The summed E-state index contributed by atoms with van der Waals surface area (Å²) in [6.07, 6.45) is 0.490. The van der Waals surface area contributed by atoms with E-state index in [9.17, 15) is 4.79 Å². The Morgan fingerprint density at radius 1 is 1.15 bits per heavy atom. The Labute approximate surface area is 154 Å². The number of rotatable bonds is 7. The number of hydrogen-bond donors (Lipinski definition) is 2. The van der Waals surface area contributed by atoms with Crippen molar-refractivity contribution in [3.05, 3.63) is 71.5 Å². The van der Waals surface area contributed by atoms with E-state index in [1.165, 1.54) is 6.21 Å². The van der Waals surface area contributed by atoms with Gasteiger partial charge in [0, 0.05) is 11.6 Å². The molecule has 3 aromatic rings. The van der Waals surface area contributed by atoms with Crippen LogP contribution in [0.1, 0.15) is 16.9 Å². The molecule has 1 amide bonds. The Bertz CT molecular complexity index is 917. The van der Waals surface area contributed by atoms with Gasteiger partial charge in [-0.1, -0.05) is 34.6 Å². The number of oxime groups is 1. The van der Waals surface area contributed by atoms with Crippen LogP contribution in [0.25, 0.3) is 11.3 Å². The maximum atomic E-state index is 10.6. The van der Waals surface area contributed by atoms with Crippen molar-refractivity contribution < 1.29 is 24.0 Å². The van der Waals surface area contributed by atoms with Crippen LogP contribution in [0.4, 0.5) is 4.79 Å². The second kappa shape index (κ2) is 8.52. The molecule has 0 bridgehead atoms. The molecule has 3 N–H and O–H groups in total. The zero-order chi connectivity index (χ0) is 19.1. The van der Waals surface area contributed by atoms with Gasteiger partial charge >= 0.3 is 6.09 Å². The predicted molar refractivity (Wildman–Crippen MR) is 96.5 cm³/mol. The molecule has 2 aromatic carbocycles. The van der Waals surface area contributed by atoms with Crippen LogP contribution >= 0.6 is 0 Å². The van der Waals surface area contributed by atoms with E-state index in [1.54, 1.807) is 6.07 Å². The second-order valence-electron chi connectivity index (χ2n) is 5.59. The summed E-state index contributed by atoms with van der Waals surface area (Å²) in [5, 5.41) is 15.4. The lowest BCUT2D eigenvalue weighted by Gasteiger charge is -2.07. The van der Waals surface area contributed by atoms with Crippen molar-refractivity contribution in [2.24, 2.45) is 10.9 Å². The standard InChI is InChI=1S/C19H17N3O5/c20-19(23)26-12-17-9-18(22-27-17)15-5-7-16(8-6-15)25-11-14-3-1-13(2-4-14)10-21-24/h1-10,24H,11-12H2,(H2,20,23). The monoisotopic (exact) mass is 367 g/mol. The minimum atomic E-state index is -0.870. The number of amides is 1. The maximum Gasteiger partial charge on any atom is 0.404 e. The third-order valence-corrected chi connectivity index (χ3v) is 3.66. The third-order valence-electron chi connectivity index (χ3n) is 3.66. The zero-order valence-electron chi connectivity index (χ0n) is 14.2. The summed E-state index contributed by atoms with van der Waals surface area (Å²) in [5.74, 6) is 1.11. The van der Waals surface area contributed by atoms with Gasteiger partial charge in [0.25, 0.3) is 0 Å². The predicted octanol–water partition coefficient (Wildman–Crippen LogP) is 3.32. The summed E-state index contributed by atoms with van der Waals surface area (Å²) in [4.78, 5) is 10.6. The average molecular weight is 367 g/mol. The van der Waals surface area contributed by atoms with Crippen molar-refractivity contribution in [3.63, 3.8) is 0 Å². The van der Waals surface area contributed by atoms with Crippen molar-refractivity contribution in [1.82, 2.24) is 5.16 Å². The number of benzene rings is 2. The zero-order valence-corrected chi connectivity index (χ0v) is 14.2. The first-order valence-electron chi connectivity index (χ1n) is 8.01. The highest BCUT2D eigenvalue weighted by molar-refractivity contribution is 5.78. The van der Waals surface area contributed by atoms with Gasteiger partial charge in [0.05, 0.1) is 6.21 Å². The quantitative estimate of drug-likeness (QED) is 0.375. The summed E-state index contributed by atoms with van der Waals surface area (Å²) in [6.45, 7) is 0.348. The van der Waals surface area contributed by atoms with Gasteiger partial charge in [-0.25, -0.2) is 4.79 Å². The molecule has 8 heteroatoms. The summed E-state index contributed by atoms with van der Waals surface area (Å²) < 4.78 is 15.5. The highest BCUT2D eigenvalue weighted by Crippen LogP contribution is 2.23. The minimum Gasteiger partial charge on any atom is -0.489 e. The second-order valence-corrected chi connectivity index (χ2v) is 5.59. The van der Waals surface area contributed by atoms with Gasteiger partial charge in [0.2, 0.25) is 0 Å². The number of carbonyl (C=O) groups excluding carboxylic acids is 1. The molecule has 0 radical (unpaired) electrons. The molecule has 0 aliphatic carbocycles. The van der Waals surface area contributed by atoms with Crippen LogP contribution in [0.15, 0.2) is 64.3 Å². The Kier molecular flexibility index (Phi) is 5.68. The normalized spacial score (nSPS) is 10.8. The molecule has 27 heavy (non-hydrogen) atoms. The topological polar surface area (TPSA) is 120 Å². The lowest BCUT2D eigenvalue weighted by atomic mass is 10.1. The maximum absolute atomic E-state index is 10.6. The summed E-state index contributed by atoms with van der Waals surface area (Å²) in [7, 11) is 0. The van der Waals surface area contributed by atoms with Crippen LogP contribution in [-0.2, 0) is 18.0 Å². The average Bonchev–Trinajstić information content (AvgIpc) is 3.16. The fraction of sp³-hybridized carbons (Fsp3) is 0.105. The molecule has 3 rings (SSSR count). The molecule has 0 fully saturated rings. The molecule has 0 aliphatic heterocycles. The Hall–Kier alpha value is -3.81. The first-order chi connectivity index (χ1) is 13.1. The molecule has 1 aromatic heterocycles. The van der Waals surface area contributed by atoms with Crippen LogP contribution in [0, 0.1) is 0 Å². The van der Waals surface area contributed by atoms with Gasteiger partial charge in [-0.15, -0.1) is 0 Å². The summed E-state index contributed by atoms with van der Waals surface area (Å²) in [6, 6.07) is 16.5. The number of nitrogens with zero attached hydrogens (tertiary/aromatic N) is 2. The molecule has 0 atom stereocenters. The number of nitrogens with two attached hydrogens (primary N) is 1. The molecule has 0 saturated carbocycles. The van der Waals surface area contributed by atoms with E-state index in [-0.39, 0.29) is 6.61 Å². The van der Waals surface area contributed by atoms with Gasteiger partial charge in [-0.3, -0.25) is 0 Å². The molecule has 0 aliphatic rings. The fourth-order valence-corrected chi connectivity index (χ4v) is 2.31. The molecular weight excluding hydrogens is 350 g/mol. The third kappa shape index (κ3) is 5.08. The highest BCUT2D eigenvalue weighted by Gasteiger charge is 2.08. The highest BCUT2D eigenvalue weighted by atomic mass is 16.6. The van der Waals surface area contributed by atoms with E-state index in [0.29, 0.717) is 23.8 Å². The largest absolute Gasteiger partial charge is 0.489 e. The lowest BCUT2D eigenvalue weighted by molar-refractivity contribution is 0.137.